The number of halogens is 2. The Morgan fingerprint density at radius 3 is 2.70 bits per heavy atom. The normalized spacial score (nSPS) is 10.4. The summed E-state index contributed by atoms with van der Waals surface area (Å²) in [6, 6.07) is 7.72. The highest BCUT2D eigenvalue weighted by Gasteiger charge is 2.10. The molecule has 0 spiro atoms. The zero-order valence-corrected chi connectivity index (χ0v) is 10.5. The fourth-order valence-electron chi connectivity index (χ4n) is 1.52. The van der Waals surface area contributed by atoms with Crippen molar-refractivity contribution in [2.75, 3.05) is 18.2 Å². The Labute approximate surface area is 113 Å². The zero-order chi connectivity index (χ0) is 14.5. The lowest BCUT2D eigenvalue weighted by atomic mass is 10.3. The first-order valence-corrected chi connectivity index (χ1v) is 5.58. The third kappa shape index (κ3) is 3.44. The standard InChI is InChI=1S/C12H12F2N4O2/c1-19-10-6-9(17-12(15)18-10)16-7-4-2-3-5-8(7)20-11(13)14/h2-6,11H,1H3,(H3,15,16,17,18). The molecular weight excluding hydrogens is 270 g/mol. The number of methoxy groups -OCH3 is 1. The Kier molecular flexibility index (Phi) is 4.14. The smallest absolute Gasteiger partial charge is 0.387 e. The lowest BCUT2D eigenvalue weighted by Crippen LogP contribution is -2.06. The van der Waals surface area contributed by atoms with Crippen molar-refractivity contribution in [3.8, 4) is 11.6 Å². The number of nitrogens with one attached hydrogen (secondary N) is 1. The van der Waals surface area contributed by atoms with Crippen molar-refractivity contribution in [2.45, 2.75) is 6.61 Å². The van der Waals surface area contributed by atoms with Crippen LogP contribution in [0.1, 0.15) is 0 Å². The molecular formula is C12H12F2N4O2. The molecule has 0 amide bonds. The molecule has 1 heterocycles. The fourth-order valence-corrected chi connectivity index (χ4v) is 1.52. The molecule has 20 heavy (non-hydrogen) atoms. The van der Waals surface area contributed by atoms with E-state index in [1.54, 1.807) is 18.2 Å². The number of hydrogen-bond acceptors (Lipinski definition) is 6. The van der Waals surface area contributed by atoms with E-state index >= 15 is 0 Å². The Balaban J connectivity index is 2.27. The second-order valence-corrected chi connectivity index (χ2v) is 3.65. The van der Waals surface area contributed by atoms with Gasteiger partial charge < -0.3 is 20.5 Å². The Morgan fingerprint density at radius 2 is 2.00 bits per heavy atom. The third-order valence-corrected chi connectivity index (χ3v) is 2.29. The second-order valence-electron chi connectivity index (χ2n) is 3.65. The van der Waals surface area contributed by atoms with E-state index in [0.717, 1.165) is 0 Å². The van der Waals surface area contributed by atoms with Crippen LogP contribution in [0, 0.1) is 0 Å². The van der Waals surface area contributed by atoms with E-state index in [0.29, 0.717) is 11.5 Å². The number of nitrogens with zero attached hydrogens (tertiary/aromatic N) is 2. The Morgan fingerprint density at radius 1 is 1.25 bits per heavy atom. The number of alkyl halides is 2. The largest absolute Gasteiger partial charge is 0.481 e. The predicted octanol–water partition coefficient (Wildman–Crippen LogP) is 2.41. The summed E-state index contributed by atoms with van der Waals surface area (Å²) in [5, 5.41) is 2.82. The molecule has 2 aromatic rings. The quantitative estimate of drug-likeness (QED) is 0.876. The van der Waals surface area contributed by atoms with Crippen LogP contribution in [0.5, 0.6) is 11.6 Å². The van der Waals surface area contributed by atoms with Crippen LogP contribution in [0.25, 0.3) is 0 Å². The SMILES string of the molecule is COc1cc(Nc2ccccc2OC(F)F)nc(N)n1. The van der Waals surface area contributed by atoms with Gasteiger partial charge in [0.25, 0.3) is 0 Å². The van der Waals surface area contributed by atoms with Crippen molar-refractivity contribution in [3.05, 3.63) is 30.3 Å². The average Bonchev–Trinajstić information content (AvgIpc) is 2.39. The minimum absolute atomic E-state index is 0.000825. The first kappa shape index (κ1) is 13.8. The van der Waals surface area contributed by atoms with Gasteiger partial charge in [0.15, 0.2) is 0 Å². The van der Waals surface area contributed by atoms with Crippen molar-refractivity contribution in [3.63, 3.8) is 0 Å². The minimum Gasteiger partial charge on any atom is -0.481 e. The maximum Gasteiger partial charge on any atom is 0.387 e. The van der Waals surface area contributed by atoms with Gasteiger partial charge in [-0.1, -0.05) is 12.1 Å². The van der Waals surface area contributed by atoms with Crippen LogP contribution in [-0.4, -0.2) is 23.7 Å². The number of hydrogen-bond donors (Lipinski definition) is 2. The molecule has 8 heteroatoms. The van der Waals surface area contributed by atoms with Crippen molar-refractivity contribution in [2.24, 2.45) is 0 Å². The van der Waals surface area contributed by atoms with Gasteiger partial charge >= 0.3 is 6.61 Å². The van der Waals surface area contributed by atoms with Gasteiger partial charge in [-0.25, -0.2) is 0 Å². The molecule has 0 radical (unpaired) electrons. The highest BCUT2D eigenvalue weighted by atomic mass is 19.3. The van der Waals surface area contributed by atoms with Gasteiger partial charge in [-0.15, -0.1) is 0 Å². The van der Waals surface area contributed by atoms with Gasteiger partial charge in [-0.05, 0) is 12.1 Å². The Hall–Kier alpha value is -2.64. The molecule has 1 aromatic heterocycles. The van der Waals surface area contributed by atoms with Gasteiger partial charge in [0.1, 0.15) is 11.6 Å². The summed E-state index contributed by atoms with van der Waals surface area (Å²) >= 11 is 0. The van der Waals surface area contributed by atoms with E-state index in [9.17, 15) is 8.78 Å². The Bertz CT molecular complexity index is 595. The molecule has 0 aliphatic rings. The summed E-state index contributed by atoms with van der Waals surface area (Å²) in [5.41, 5.74) is 5.84. The number of aromatic nitrogens is 2. The fraction of sp³-hybridized carbons (Fsp3) is 0.167. The van der Waals surface area contributed by atoms with Crippen LogP contribution >= 0.6 is 0 Å². The summed E-state index contributed by atoms with van der Waals surface area (Å²) < 4.78 is 34.0. The monoisotopic (exact) mass is 282 g/mol. The van der Waals surface area contributed by atoms with Crippen molar-refractivity contribution >= 4 is 17.5 Å². The highest BCUT2D eigenvalue weighted by Crippen LogP contribution is 2.29. The van der Waals surface area contributed by atoms with E-state index in [1.807, 2.05) is 0 Å². The summed E-state index contributed by atoms with van der Waals surface area (Å²) in [7, 11) is 1.43. The molecule has 0 aliphatic carbocycles. The minimum atomic E-state index is -2.91. The highest BCUT2D eigenvalue weighted by molar-refractivity contribution is 5.65. The lowest BCUT2D eigenvalue weighted by Gasteiger charge is -2.12. The molecule has 0 saturated heterocycles. The molecule has 1 aromatic carbocycles. The third-order valence-electron chi connectivity index (χ3n) is 2.29. The summed E-state index contributed by atoms with van der Waals surface area (Å²) in [6.07, 6.45) is 0. The topological polar surface area (TPSA) is 82.3 Å². The van der Waals surface area contributed by atoms with Gasteiger partial charge in [-0.3, -0.25) is 0 Å². The number of rotatable bonds is 5. The molecule has 0 unspecified atom stereocenters. The van der Waals surface area contributed by atoms with Crippen LogP contribution in [0.15, 0.2) is 30.3 Å². The number of nitrogen functional groups attached to an aromatic ring is 1. The maximum atomic E-state index is 12.3. The van der Waals surface area contributed by atoms with Gasteiger partial charge in [0, 0.05) is 6.07 Å². The van der Waals surface area contributed by atoms with E-state index in [1.165, 1.54) is 19.2 Å². The first-order chi connectivity index (χ1) is 9.58. The van der Waals surface area contributed by atoms with E-state index in [2.05, 4.69) is 20.0 Å². The number of ether oxygens (including phenoxy) is 2. The van der Waals surface area contributed by atoms with E-state index < -0.39 is 6.61 Å². The van der Waals surface area contributed by atoms with Gasteiger partial charge in [-0.2, -0.15) is 18.7 Å². The molecule has 0 aliphatic heterocycles. The van der Waals surface area contributed by atoms with Crippen LogP contribution < -0.4 is 20.5 Å². The lowest BCUT2D eigenvalue weighted by molar-refractivity contribution is -0.0493. The zero-order valence-electron chi connectivity index (χ0n) is 10.5. The van der Waals surface area contributed by atoms with E-state index in [-0.39, 0.29) is 17.6 Å². The van der Waals surface area contributed by atoms with Crippen molar-refractivity contribution in [1.82, 2.24) is 9.97 Å². The molecule has 6 nitrogen and oxygen atoms in total. The molecule has 0 bridgehead atoms. The number of benzene rings is 1. The second kappa shape index (κ2) is 6.00. The first-order valence-electron chi connectivity index (χ1n) is 5.58. The summed E-state index contributed by atoms with van der Waals surface area (Å²) in [4.78, 5) is 7.75. The van der Waals surface area contributed by atoms with Crippen LogP contribution in [0.4, 0.5) is 26.2 Å². The van der Waals surface area contributed by atoms with Crippen LogP contribution in [0.2, 0.25) is 0 Å². The molecule has 0 saturated carbocycles. The molecule has 0 atom stereocenters. The molecule has 3 N–H and O–H groups in total. The molecule has 106 valence electrons. The maximum absolute atomic E-state index is 12.3. The van der Waals surface area contributed by atoms with Crippen LogP contribution in [-0.2, 0) is 0 Å². The predicted molar refractivity (Wildman–Crippen MR) is 69.4 cm³/mol. The van der Waals surface area contributed by atoms with Crippen LogP contribution in [0.3, 0.4) is 0 Å². The van der Waals surface area contributed by atoms with E-state index in [4.69, 9.17) is 10.5 Å². The van der Waals surface area contributed by atoms with Crippen molar-refractivity contribution < 1.29 is 18.3 Å². The average molecular weight is 282 g/mol. The van der Waals surface area contributed by atoms with Crippen molar-refractivity contribution in [1.29, 1.82) is 0 Å². The number of nitrogens with two attached hydrogens (primary N) is 1. The van der Waals surface area contributed by atoms with Gasteiger partial charge in [0.2, 0.25) is 11.8 Å². The summed E-state index contributed by atoms with van der Waals surface area (Å²) in [6.45, 7) is -2.91. The van der Waals surface area contributed by atoms with Gasteiger partial charge in [0.05, 0.1) is 12.8 Å². The molecule has 2 rings (SSSR count). The number of para-hydroxylation sites is 2. The number of anilines is 3. The molecule has 0 fully saturated rings. The summed E-state index contributed by atoms with van der Waals surface area (Å²) in [5.74, 6) is 0.560.